The van der Waals surface area contributed by atoms with Gasteiger partial charge in [-0.15, -0.1) is 0 Å². The molecule has 0 aromatic rings. The molecule has 2 aliphatic heterocycles. The van der Waals surface area contributed by atoms with Crippen molar-refractivity contribution in [3.63, 3.8) is 0 Å². The van der Waals surface area contributed by atoms with E-state index in [1.54, 1.807) is 0 Å². The molecule has 2 saturated heterocycles. The molecule has 0 unspecified atom stereocenters. The first-order valence-corrected chi connectivity index (χ1v) is 8.79. The predicted molar refractivity (Wildman–Crippen MR) is 101 cm³/mol. The summed E-state index contributed by atoms with van der Waals surface area (Å²) in [6.07, 6.45) is -8.24. The normalized spacial score (nSPS) is 35.1. The van der Waals surface area contributed by atoms with Gasteiger partial charge in [0.1, 0.15) is 48.2 Å². The van der Waals surface area contributed by atoms with Crippen molar-refractivity contribution in [2.24, 2.45) is 0 Å². The topological polar surface area (TPSA) is 194 Å². The van der Waals surface area contributed by atoms with Gasteiger partial charge in [0.2, 0.25) is 0 Å². The molecule has 13 heteroatoms. The zero-order chi connectivity index (χ0) is 22.0. The number of Topliss-reactive ketones (excluding diaryl/α,β-unsaturated/α-hetero) is 2. The van der Waals surface area contributed by atoms with Crippen molar-refractivity contribution in [3.05, 3.63) is 0 Å². The van der Waals surface area contributed by atoms with E-state index in [1.807, 2.05) is 0 Å². The Kier molecular flexibility index (Phi) is 20.3. The summed E-state index contributed by atoms with van der Waals surface area (Å²) in [6.45, 7) is 2.67. The summed E-state index contributed by atoms with van der Waals surface area (Å²) in [5.74, 6) is -0.236. The standard InChI is InChI=1S/2C8H14O5.CH4O.B.Na.H/c2*1-4(9)2-6-8(12)7(11)5(10)3-13-6;1-2;;;/h2*5-8,10-12H,2-3H2,1H3;2H,1H3;;;/q;;;;+1;-1/t2*5-,6+,7+,8+;;;;/m11..../s1. The molecular weight excluding hydrogens is 414 g/mol. The van der Waals surface area contributed by atoms with E-state index in [2.05, 4.69) is 0 Å². The third kappa shape index (κ3) is 11.6. The number of carbonyl (C=O) groups excluding carboxylic acids is 2. The van der Waals surface area contributed by atoms with E-state index in [1.165, 1.54) is 13.8 Å². The Balaban J connectivity index is -0.000000200. The number of rotatable bonds is 4. The van der Waals surface area contributed by atoms with Gasteiger partial charge in [-0.2, -0.15) is 0 Å². The van der Waals surface area contributed by atoms with Gasteiger partial charge in [-0.1, -0.05) is 0 Å². The van der Waals surface area contributed by atoms with Crippen LogP contribution in [0, 0.1) is 0 Å². The summed E-state index contributed by atoms with van der Waals surface area (Å²) in [5, 5.41) is 62.4. The molecule has 11 nitrogen and oxygen atoms in total. The van der Waals surface area contributed by atoms with Gasteiger partial charge >= 0.3 is 29.6 Å². The minimum absolute atomic E-state index is 0. The summed E-state index contributed by atoms with van der Waals surface area (Å²) < 4.78 is 10.0. The van der Waals surface area contributed by atoms with Crippen LogP contribution in [0.25, 0.3) is 0 Å². The first-order valence-electron chi connectivity index (χ1n) is 8.79. The van der Waals surface area contributed by atoms with Crippen LogP contribution in [0.3, 0.4) is 0 Å². The minimum atomic E-state index is -1.22. The smallest absolute Gasteiger partial charge is 1.00 e. The summed E-state index contributed by atoms with van der Waals surface area (Å²) in [6, 6.07) is 0. The van der Waals surface area contributed by atoms with Crippen LogP contribution >= 0.6 is 0 Å². The van der Waals surface area contributed by atoms with E-state index in [0.29, 0.717) is 0 Å². The number of aliphatic hydroxyl groups is 7. The van der Waals surface area contributed by atoms with Crippen molar-refractivity contribution in [1.82, 2.24) is 0 Å². The molecule has 30 heavy (non-hydrogen) atoms. The Morgan fingerprint density at radius 1 is 0.733 bits per heavy atom. The number of ketones is 2. The fraction of sp³-hybridized carbons (Fsp3) is 0.882. The van der Waals surface area contributed by atoms with Gasteiger partial charge < -0.3 is 46.6 Å². The van der Waals surface area contributed by atoms with Crippen LogP contribution in [-0.2, 0) is 19.1 Å². The Labute approximate surface area is 201 Å². The summed E-state index contributed by atoms with van der Waals surface area (Å²) in [7, 11) is 1.00. The molecule has 0 aromatic heterocycles. The number of hydrogen-bond donors (Lipinski definition) is 7. The quantitative estimate of drug-likeness (QED) is 0.203. The van der Waals surface area contributed by atoms with Crippen LogP contribution in [0.2, 0.25) is 0 Å². The van der Waals surface area contributed by atoms with Crippen molar-refractivity contribution in [1.29, 1.82) is 0 Å². The Morgan fingerprint density at radius 2 is 1.00 bits per heavy atom. The molecule has 0 aromatic carbocycles. The van der Waals surface area contributed by atoms with E-state index in [-0.39, 0.29) is 77.0 Å². The summed E-state index contributed by atoms with van der Waals surface area (Å²) in [4.78, 5) is 21.4. The third-order valence-corrected chi connectivity index (χ3v) is 4.19. The molecule has 0 amide bonds. The van der Waals surface area contributed by atoms with Crippen molar-refractivity contribution in [3.8, 4) is 0 Å². The molecule has 171 valence electrons. The number of ether oxygens (including phenoxy) is 2. The van der Waals surface area contributed by atoms with Gasteiger partial charge in [-0.05, 0) is 13.8 Å². The molecule has 0 spiro atoms. The molecule has 7 N–H and O–H groups in total. The fourth-order valence-electron chi connectivity index (χ4n) is 2.66. The Hall–Kier alpha value is 0.0449. The predicted octanol–water partition coefficient (Wildman–Crippen LogP) is -6.76. The van der Waals surface area contributed by atoms with Crippen LogP contribution in [0.15, 0.2) is 0 Å². The van der Waals surface area contributed by atoms with E-state index >= 15 is 0 Å². The molecular formula is C17H33BNaO11. The van der Waals surface area contributed by atoms with Gasteiger partial charge in [-0.25, -0.2) is 0 Å². The largest absolute Gasteiger partial charge is 1.00 e. The summed E-state index contributed by atoms with van der Waals surface area (Å²) >= 11 is 0. The van der Waals surface area contributed by atoms with Crippen molar-refractivity contribution in [2.45, 2.75) is 75.5 Å². The summed E-state index contributed by atoms with van der Waals surface area (Å²) in [5.41, 5.74) is 0. The minimum Gasteiger partial charge on any atom is -1.00 e. The Morgan fingerprint density at radius 3 is 1.23 bits per heavy atom. The third-order valence-electron chi connectivity index (χ3n) is 4.19. The van der Waals surface area contributed by atoms with E-state index in [9.17, 15) is 30.0 Å². The molecule has 0 aliphatic carbocycles. The maximum atomic E-state index is 10.7. The molecule has 2 aliphatic rings. The van der Waals surface area contributed by atoms with Crippen LogP contribution in [0.1, 0.15) is 28.1 Å². The average Bonchev–Trinajstić information content (AvgIpc) is 2.64. The SMILES string of the molecule is CC(=O)C[C@@H]1OC[C@@H](O)[C@H](O)[C@H]1O.CC(=O)C[C@@H]1OC[C@@H](O)[C@H](O)[C@H]1O.CO.[B].[H-].[Na+]. The second-order valence-corrected chi connectivity index (χ2v) is 6.65. The fourth-order valence-corrected chi connectivity index (χ4v) is 2.66. The Bertz CT molecular complexity index is 449. The van der Waals surface area contributed by atoms with Crippen LogP contribution in [0.4, 0.5) is 0 Å². The van der Waals surface area contributed by atoms with Crippen molar-refractivity contribution >= 4 is 20.0 Å². The van der Waals surface area contributed by atoms with Crippen LogP contribution in [-0.4, -0.2) is 125 Å². The zero-order valence-corrected chi connectivity index (χ0v) is 19.8. The van der Waals surface area contributed by atoms with Crippen molar-refractivity contribution < 1.29 is 85.8 Å². The maximum absolute atomic E-state index is 10.7. The molecule has 2 fully saturated rings. The molecule has 2 rings (SSSR count). The average molecular weight is 447 g/mol. The second kappa shape index (κ2) is 17.6. The molecule has 0 saturated carbocycles. The molecule has 3 radical (unpaired) electrons. The number of carbonyl (C=O) groups is 2. The van der Waals surface area contributed by atoms with E-state index in [0.717, 1.165) is 7.11 Å². The van der Waals surface area contributed by atoms with Gasteiger partial charge in [0.25, 0.3) is 0 Å². The maximum Gasteiger partial charge on any atom is 1.00 e. The number of aliphatic hydroxyl groups excluding tert-OH is 7. The molecule has 0 bridgehead atoms. The van der Waals surface area contributed by atoms with Crippen LogP contribution < -0.4 is 29.6 Å². The van der Waals surface area contributed by atoms with E-state index in [4.69, 9.17) is 24.8 Å². The monoisotopic (exact) mass is 447 g/mol. The van der Waals surface area contributed by atoms with Gasteiger partial charge in [0.15, 0.2) is 0 Å². The van der Waals surface area contributed by atoms with Gasteiger partial charge in [0.05, 0.1) is 25.4 Å². The van der Waals surface area contributed by atoms with Gasteiger partial charge in [-0.3, -0.25) is 9.59 Å². The first kappa shape index (κ1) is 34.7. The van der Waals surface area contributed by atoms with E-state index < -0.39 is 48.8 Å². The zero-order valence-electron chi connectivity index (χ0n) is 18.8. The molecule has 8 atom stereocenters. The first-order chi connectivity index (χ1) is 13.0. The second-order valence-electron chi connectivity index (χ2n) is 6.65. The van der Waals surface area contributed by atoms with Gasteiger partial charge in [0, 0.05) is 28.4 Å². The molecule has 2 heterocycles. The van der Waals surface area contributed by atoms with Crippen LogP contribution in [0.5, 0.6) is 0 Å². The number of hydrogen-bond acceptors (Lipinski definition) is 11. The van der Waals surface area contributed by atoms with Crippen molar-refractivity contribution in [2.75, 3.05) is 20.3 Å².